The molecule has 0 amide bonds. The molecule has 1 saturated heterocycles. The molecule has 0 aliphatic carbocycles. The van der Waals surface area contributed by atoms with Gasteiger partial charge in [0.1, 0.15) is 43.7 Å². The lowest BCUT2D eigenvalue weighted by atomic mass is 9.87. The van der Waals surface area contributed by atoms with E-state index >= 15 is 0 Å². The number of hydrogen-bond acceptors (Lipinski definition) is 7. The average molecular weight is 416 g/mol. The maximum absolute atomic E-state index is 10.5. The molecule has 7 nitrogen and oxygen atoms in total. The summed E-state index contributed by atoms with van der Waals surface area (Å²) in [5.41, 5.74) is 4.96. The van der Waals surface area contributed by atoms with E-state index in [1.165, 1.54) is 0 Å². The van der Waals surface area contributed by atoms with E-state index in [0.717, 1.165) is 33.8 Å². The second-order valence-electron chi connectivity index (χ2n) is 8.03. The molecule has 4 N–H and O–H groups in total. The van der Waals surface area contributed by atoms with Crippen molar-refractivity contribution in [1.82, 2.24) is 0 Å². The first kappa shape index (κ1) is 21.1. The van der Waals surface area contributed by atoms with Gasteiger partial charge in [0.05, 0.1) is 6.61 Å². The average Bonchev–Trinajstić information content (AvgIpc) is 2.75. The maximum Gasteiger partial charge on any atom is 0.161 e. The molecular formula is C23H28O7. The second kappa shape index (κ2) is 8.53. The lowest BCUT2D eigenvalue weighted by Gasteiger charge is -2.40. The molecule has 0 radical (unpaired) electrons. The smallest absolute Gasteiger partial charge is 0.161 e. The fraction of sp³-hybridized carbons (Fsp3) is 0.478. The standard InChI is InChI=1S/C23H28O7/c1-12-7-16(23-22(27)21(26)20(25)19(11-24)30-23)10-15(13(12)2)8-14-3-4-17-18(9-14)29-6-5-28-17/h3-4,7,9-10,19-27H,5-6,8,11H2,1-2H3. The summed E-state index contributed by atoms with van der Waals surface area (Å²) in [6.45, 7) is 4.65. The van der Waals surface area contributed by atoms with Gasteiger partial charge in [-0.1, -0.05) is 18.2 Å². The molecule has 2 aliphatic heterocycles. The van der Waals surface area contributed by atoms with Crippen LogP contribution in [0, 0.1) is 13.8 Å². The third-order valence-electron chi connectivity index (χ3n) is 6.02. The van der Waals surface area contributed by atoms with Crippen molar-refractivity contribution in [2.75, 3.05) is 19.8 Å². The van der Waals surface area contributed by atoms with E-state index < -0.39 is 37.1 Å². The van der Waals surface area contributed by atoms with Gasteiger partial charge in [-0.25, -0.2) is 0 Å². The van der Waals surface area contributed by atoms with Crippen LogP contribution >= 0.6 is 0 Å². The van der Waals surface area contributed by atoms with Gasteiger partial charge in [-0.05, 0) is 60.2 Å². The maximum atomic E-state index is 10.5. The van der Waals surface area contributed by atoms with Gasteiger partial charge in [0, 0.05) is 0 Å². The summed E-state index contributed by atoms with van der Waals surface area (Å²) in [5.74, 6) is 1.48. The van der Waals surface area contributed by atoms with Gasteiger partial charge in [-0.2, -0.15) is 0 Å². The summed E-state index contributed by atoms with van der Waals surface area (Å²) in [4.78, 5) is 0. The van der Waals surface area contributed by atoms with Crippen LogP contribution in [0.1, 0.15) is 33.9 Å². The van der Waals surface area contributed by atoms with Gasteiger partial charge in [0.25, 0.3) is 0 Å². The Hall–Kier alpha value is -2.16. The Balaban J connectivity index is 1.64. The summed E-state index contributed by atoms with van der Waals surface area (Å²) < 4.78 is 17.0. The minimum Gasteiger partial charge on any atom is -0.486 e. The van der Waals surface area contributed by atoms with Crippen LogP contribution in [0.15, 0.2) is 30.3 Å². The number of aliphatic hydroxyl groups excluding tert-OH is 4. The minimum atomic E-state index is -1.40. The number of aliphatic hydroxyl groups is 4. The predicted octanol–water partition coefficient (Wildman–Crippen LogP) is 1.18. The molecule has 2 aromatic rings. The summed E-state index contributed by atoms with van der Waals surface area (Å²) in [6.07, 6.45) is -5.20. The zero-order valence-corrected chi connectivity index (χ0v) is 17.1. The first-order chi connectivity index (χ1) is 14.4. The summed E-state index contributed by atoms with van der Waals surface area (Å²) in [6, 6.07) is 9.75. The highest BCUT2D eigenvalue weighted by atomic mass is 16.6. The lowest BCUT2D eigenvalue weighted by molar-refractivity contribution is -0.231. The molecule has 0 aromatic heterocycles. The number of rotatable bonds is 4. The molecular weight excluding hydrogens is 388 g/mol. The molecule has 7 heteroatoms. The van der Waals surface area contributed by atoms with Crippen molar-refractivity contribution in [3.8, 4) is 11.5 Å². The normalized spacial score (nSPS) is 28.4. The molecule has 2 aromatic carbocycles. The summed E-state index contributed by atoms with van der Waals surface area (Å²) in [7, 11) is 0. The van der Waals surface area contributed by atoms with Gasteiger partial charge >= 0.3 is 0 Å². The molecule has 2 heterocycles. The molecule has 0 spiro atoms. The summed E-state index contributed by atoms with van der Waals surface area (Å²) in [5, 5.41) is 40.2. The van der Waals surface area contributed by atoms with Gasteiger partial charge in [0.2, 0.25) is 0 Å². The van der Waals surface area contributed by atoms with Crippen LogP contribution in [0.3, 0.4) is 0 Å². The Morgan fingerprint density at radius 3 is 2.37 bits per heavy atom. The molecule has 0 saturated carbocycles. The monoisotopic (exact) mass is 416 g/mol. The van der Waals surface area contributed by atoms with Crippen LogP contribution < -0.4 is 9.47 Å². The zero-order chi connectivity index (χ0) is 21.4. The van der Waals surface area contributed by atoms with Crippen molar-refractivity contribution >= 4 is 0 Å². The highest BCUT2D eigenvalue weighted by molar-refractivity contribution is 5.47. The number of fused-ring (bicyclic) bond motifs is 1. The fourth-order valence-electron chi connectivity index (χ4n) is 4.11. The predicted molar refractivity (Wildman–Crippen MR) is 109 cm³/mol. The van der Waals surface area contributed by atoms with E-state index in [9.17, 15) is 20.4 Å². The van der Waals surface area contributed by atoms with Crippen molar-refractivity contribution < 1.29 is 34.6 Å². The number of ether oxygens (including phenoxy) is 3. The van der Waals surface area contributed by atoms with Gasteiger partial charge in [-0.15, -0.1) is 0 Å². The van der Waals surface area contributed by atoms with Crippen LogP contribution in [0.4, 0.5) is 0 Å². The van der Waals surface area contributed by atoms with Crippen LogP contribution in [0.2, 0.25) is 0 Å². The van der Waals surface area contributed by atoms with Crippen LogP contribution in [-0.2, 0) is 11.2 Å². The highest BCUT2D eigenvalue weighted by Gasteiger charge is 2.44. The van der Waals surface area contributed by atoms with Crippen LogP contribution in [0.5, 0.6) is 11.5 Å². The topological polar surface area (TPSA) is 109 Å². The molecule has 1 fully saturated rings. The van der Waals surface area contributed by atoms with E-state index in [2.05, 4.69) is 0 Å². The first-order valence-electron chi connectivity index (χ1n) is 10.2. The Kier molecular flexibility index (Phi) is 5.99. The van der Waals surface area contributed by atoms with Crippen molar-refractivity contribution in [2.45, 2.75) is 50.8 Å². The third kappa shape index (κ3) is 3.91. The molecule has 162 valence electrons. The molecule has 5 unspecified atom stereocenters. The van der Waals surface area contributed by atoms with Crippen molar-refractivity contribution in [1.29, 1.82) is 0 Å². The number of aryl methyl sites for hydroxylation is 1. The Morgan fingerprint density at radius 1 is 0.900 bits per heavy atom. The number of benzene rings is 2. The number of hydrogen-bond donors (Lipinski definition) is 4. The Bertz CT molecular complexity index is 911. The molecule has 5 atom stereocenters. The van der Waals surface area contributed by atoms with Crippen molar-refractivity contribution in [3.05, 3.63) is 58.1 Å². The van der Waals surface area contributed by atoms with Gasteiger partial charge in [-0.3, -0.25) is 0 Å². The van der Waals surface area contributed by atoms with E-state index in [4.69, 9.17) is 14.2 Å². The van der Waals surface area contributed by atoms with E-state index in [1.807, 2.05) is 44.2 Å². The second-order valence-corrected chi connectivity index (χ2v) is 8.03. The highest BCUT2D eigenvalue weighted by Crippen LogP contribution is 2.35. The molecule has 30 heavy (non-hydrogen) atoms. The van der Waals surface area contributed by atoms with E-state index in [-0.39, 0.29) is 0 Å². The van der Waals surface area contributed by atoms with Crippen molar-refractivity contribution in [2.24, 2.45) is 0 Å². The zero-order valence-electron chi connectivity index (χ0n) is 17.1. The third-order valence-corrected chi connectivity index (χ3v) is 6.02. The largest absolute Gasteiger partial charge is 0.486 e. The van der Waals surface area contributed by atoms with E-state index in [0.29, 0.717) is 25.2 Å². The Labute approximate surface area is 175 Å². The van der Waals surface area contributed by atoms with Gasteiger partial charge in [0.15, 0.2) is 11.5 Å². The first-order valence-corrected chi connectivity index (χ1v) is 10.2. The lowest BCUT2D eigenvalue weighted by Crippen LogP contribution is -2.55. The van der Waals surface area contributed by atoms with E-state index in [1.54, 1.807) is 0 Å². The molecule has 0 bridgehead atoms. The fourth-order valence-corrected chi connectivity index (χ4v) is 4.11. The Morgan fingerprint density at radius 2 is 1.63 bits per heavy atom. The quantitative estimate of drug-likeness (QED) is 0.593. The summed E-state index contributed by atoms with van der Waals surface area (Å²) >= 11 is 0. The SMILES string of the molecule is Cc1cc(C2OC(CO)C(O)C(O)C2O)cc(Cc2ccc3c(c2)OCCO3)c1C. The van der Waals surface area contributed by atoms with Crippen LogP contribution in [0.25, 0.3) is 0 Å². The van der Waals surface area contributed by atoms with Crippen molar-refractivity contribution in [3.63, 3.8) is 0 Å². The molecule has 2 aliphatic rings. The molecule has 4 rings (SSSR count). The van der Waals surface area contributed by atoms with Crippen LogP contribution in [-0.4, -0.2) is 64.7 Å². The minimum absolute atomic E-state index is 0.448. The van der Waals surface area contributed by atoms with Gasteiger partial charge < -0.3 is 34.6 Å².